The first kappa shape index (κ1) is 13.6. The van der Waals surface area contributed by atoms with Crippen molar-refractivity contribution in [3.63, 3.8) is 0 Å². The number of amides is 2. The Balaban J connectivity index is 3.66. The zero-order chi connectivity index (χ0) is 11.7. The molecule has 2 amide bonds. The molecule has 0 aliphatic heterocycles. The van der Waals surface area contributed by atoms with Crippen molar-refractivity contribution in [2.75, 3.05) is 13.1 Å². The van der Waals surface area contributed by atoms with Gasteiger partial charge in [-0.15, -0.1) is 0 Å². The average Bonchev–Trinajstić information content (AvgIpc) is 2.15. The smallest absolute Gasteiger partial charge is 0.227 e. The highest BCUT2D eigenvalue weighted by Gasteiger charge is 2.10. The molecule has 0 rings (SSSR count). The summed E-state index contributed by atoms with van der Waals surface area (Å²) in [5.41, 5.74) is 0. The molecule has 0 radical (unpaired) electrons. The Hall–Kier alpha value is -1.39. The first-order valence-electron chi connectivity index (χ1n) is 5.15. The Labute approximate surface area is 89.6 Å². The van der Waals surface area contributed by atoms with E-state index in [9.17, 15) is 14.4 Å². The number of carbonyl (C=O) groups excluding carboxylic acids is 3. The Bertz CT molecular complexity index is 239. The molecule has 0 saturated heterocycles. The molecule has 0 aliphatic rings. The van der Waals surface area contributed by atoms with Crippen molar-refractivity contribution < 1.29 is 14.4 Å². The minimum Gasteiger partial charge on any atom is -0.356 e. The summed E-state index contributed by atoms with van der Waals surface area (Å²) in [6.45, 7) is 4.68. The monoisotopic (exact) mass is 214 g/mol. The topological polar surface area (TPSA) is 75.3 Å². The summed E-state index contributed by atoms with van der Waals surface area (Å²) in [5, 5.41) is 5.12. The first-order valence-corrected chi connectivity index (χ1v) is 5.15. The van der Waals surface area contributed by atoms with Crippen LogP contribution in [0.5, 0.6) is 0 Å². The highest BCUT2D eigenvalue weighted by molar-refractivity contribution is 5.99. The zero-order valence-corrected chi connectivity index (χ0v) is 9.26. The molecule has 0 spiro atoms. The first-order chi connectivity index (χ1) is 7.10. The number of Topliss-reactive ketones (excluding diaryl/α,β-unsaturated/α-hetero) is 1. The molecule has 0 atom stereocenters. The third-order valence-corrected chi connectivity index (χ3v) is 1.74. The Kier molecular flexibility index (Phi) is 7.23. The van der Waals surface area contributed by atoms with E-state index in [1.165, 1.54) is 0 Å². The SMILES string of the molecule is CCNC(=O)CCC(=O)CC(=O)NCC. The molecular weight excluding hydrogens is 196 g/mol. The molecule has 0 bridgehead atoms. The van der Waals surface area contributed by atoms with Gasteiger partial charge in [0.2, 0.25) is 11.8 Å². The van der Waals surface area contributed by atoms with Crippen molar-refractivity contribution in [3.05, 3.63) is 0 Å². The number of ketones is 1. The van der Waals surface area contributed by atoms with Crippen LogP contribution in [0.15, 0.2) is 0 Å². The van der Waals surface area contributed by atoms with Gasteiger partial charge in [0.1, 0.15) is 5.78 Å². The second-order valence-electron chi connectivity index (χ2n) is 3.12. The quantitative estimate of drug-likeness (QED) is 0.586. The van der Waals surface area contributed by atoms with Crippen LogP contribution in [0.3, 0.4) is 0 Å². The van der Waals surface area contributed by atoms with Crippen LogP contribution in [-0.4, -0.2) is 30.7 Å². The Morgan fingerprint density at radius 1 is 0.867 bits per heavy atom. The molecule has 2 N–H and O–H groups in total. The van der Waals surface area contributed by atoms with Crippen molar-refractivity contribution in [2.24, 2.45) is 0 Å². The normalized spacial score (nSPS) is 9.47. The van der Waals surface area contributed by atoms with Gasteiger partial charge in [-0.05, 0) is 13.8 Å². The third-order valence-electron chi connectivity index (χ3n) is 1.74. The van der Waals surface area contributed by atoms with E-state index in [2.05, 4.69) is 10.6 Å². The summed E-state index contributed by atoms with van der Waals surface area (Å²) < 4.78 is 0. The molecular formula is C10H18N2O3. The third kappa shape index (κ3) is 7.66. The maximum atomic E-state index is 11.2. The molecule has 15 heavy (non-hydrogen) atoms. The lowest BCUT2D eigenvalue weighted by molar-refractivity contribution is -0.130. The van der Waals surface area contributed by atoms with E-state index in [0.717, 1.165) is 0 Å². The zero-order valence-electron chi connectivity index (χ0n) is 9.26. The second kappa shape index (κ2) is 7.96. The maximum Gasteiger partial charge on any atom is 0.227 e. The van der Waals surface area contributed by atoms with Gasteiger partial charge in [0.15, 0.2) is 0 Å². The van der Waals surface area contributed by atoms with Crippen molar-refractivity contribution >= 4 is 17.6 Å². The molecule has 0 aromatic carbocycles. The van der Waals surface area contributed by atoms with E-state index in [0.29, 0.717) is 13.1 Å². The lowest BCUT2D eigenvalue weighted by Gasteiger charge is -2.02. The van der Waals surface area contributed by atoms with E-state index in [-0.39, 0.29) is 36.9 Å². The summed E-state index contributed by atoms with van der Waals surface area (Å²) in [7, 11) is 0. The maximum absolute atomic E-state index is 11.2. The van der Waals surface area contributed by atoms with Crippen LogP contribution in [0.25, 0.3) is 0 Å². The van der Waals surface area contributed by atoms with Gasteiger partial charge in [0.05, 0.1) is 6.42 Å². The van der Waals surface area contributed by atoms with E-state index >= 15 is 0 Å². The predicted molar refractivity (Wildman–Crippen MR) is 56.2 cm³/mol. The summed E-state index contributed by atoms with van der Waals surface area (Å²) >= 11 is 0. The molecule has 5 heteroatoms. The van der Waals surface area contributed by atoms with Gasteiger partial charge in [-0.3, -0.25) is 14.4 Å². The van der Waals surface area contributed by atoms with E-state index < -0.39 is 0 Å². The van der Waals surface area contributed by atoms with Crippen LogP contribution >= 0.6 is 0 Å². The number of carbonyl (C=O) groups is 3. The number of rotatable bonds is 7. The highest BCUT2D eigenvalue weighted by Crippen LogP contribution is 1.95. The van der Waals surface area contributed by atoms with Gasteiger partial charge in [0, 0.05) is 25.9 Å². The lowest BCUT2D eigenvalue weighted by Crippen LogP contribution is -2.26. The average molecular weight is 214 g/mol. The van der Waals surface area contributed by atoms with Crippen molar-refractivity contribution in [1.82, 2.24) is 10.6 Å². The standard InChI is InChI=1S/C10H18N2O3/c1-3-11-9(14)6-5-8(13)7-10(15)12-4-2/h3-7H2,1-2H3,(H,11,14)(H,12,15). The van der Waals surface area contributed by atoms with Crippen LogP contribution in [0.4, 0.5) is 0 Å². The fourth-order valence-electron chi connectivity index (χ4n) is 1.07. The lowest BCUT2D eigenvalue weighted by atomic mass is 10.1. The summed E-state index contributed by atoms with van der Waals surface area (Å²) in [5.74, 6) is -0.632. The van der Waals surface area contributed by atoms with Gasteiger partial charge in [-0.2, -0.15) is 0 Å². The number of nitrogens with one attached hydrogen (secondary N) is 2. The van der Waals surface area contributed by atoms with Crippen LogP contribution in [0.2, 0.25) is 0 Å². The van der Waals surface area contributed by atoms with Crippen LogP contribution in [0.1, 0.15) is 33.1 Å². The summed E-state index contributed by atoms with van der Waals surface area (Å²) in [6.07, 6.45) is 0.155. The van der Waals surface area contributed by atoms with Crippen molar-refractivity contribution in [3.8, 4) is 0 Å². The minimum atomic E-state index is -0.279. The van der Waals surface area contributed by atoms with Crippen LogP contribution in [0, 0.1) is 0 Å². The number of hydrogen-bond donors (Lipinski definition) is 2. The van der Waals surface area contributed by atoms with E-state index in [4.69, 9.17) is 0 Å². The van der Waals surface area contributed by atoms with Crippen molar-refractivity contribution in [1.29, 1.82) is 0 Å². The van der Waals surface area contributed by atoms with Crippen molar-refractivity contribution in [2.45, 2.75) is 33.1 Å². The molecule has 0 aromatic heterocycles. The van der Waals surface area contributed by atoms with Gasteiger partial charge < -0.3 is 10.6 Å². The molecule has 0 aromatic rings. The summed E-state index contributed by atoms with van der Waals surface area (Å²) in [4.78, 5) is 33.2. The fourth-order valence-corrected chi connectivity index (χ4v) is 1.07. The fraction of sp³-hybridized carbons (Fsp3) is 0.700. The molecule has 0 saturated carbocycles. The molecule has 0 heterocycles. The Morgan fingerprint density at radius 2 is 1.40 bits per heavy atom. The van der Waals surface area contributed by atoms with E-state index in [1.807, 2.05) is 6.92 Å². The largest absolute Gasteiger partial charge is 0.356 e. The Morgan fingerprint density at radius 3 is 1.93 bits per heavy atom. The molecule has 0 aliphatic carbocycles. The van der Waals surface area contributed by atoms with Gasteiger partial charge in [0.25, 0.3) is 0 Å². The highest BCUT2D eigenvalue weighted by atomic mass is 16.2. The molecule has 5 nitrogen and oxygen atoms in total. The number of hydrogen-bond acceptors (Lipinski definition) is 3. The van der Waals surface area contributed by atoms with Gasteiger partial charge in [-0.25, -0.2) is 0 Å². The molecule has 0 fully saturated rings. The summed E-state index contributed by atoms with van der Waals surface area (Å²) in [6, 6.07) is 0. The molecule has 86 valence electrons. The van der Waals surface area contributed by atoms with Gasteiger partial charge in [-0.1, -0.05) is 0 Å². The van der Waals surface area contributed by atoms with Gasteiger partial charge >= 0.3 is 0 Å². The van der Waals surface area contributed by atoms with Crippen LogP contribution in [-0.2, 0) is 14.4 Å². The predicted octanol–water partition coefficient (Wildman–Crippen LogP) is -0.00200. The van der Waals surface area contributed by atoms with E-state index in [1.54, 1.807) is 6.92 Å². The second-order valence-corrected chi connectivity index (χ2v) is 3.12. The molecule has 0 unspecified atom stereocenters. The minimum absolute atomic E-state index is 0.128. The van der Waals surface area contributed by atoms with Crippen LogP contribution < -0.4 is 10.6 Å².